The minimum Gasteiger partial charge on any atom is -0.411 e. The summed E-state index contributed by atoms with van der Waals surface area (Å²) in [5.74, 6) is -0.0477. The maximum atomic E-state index is 13.8. The fourth-order valence-electron chi connectivity index (χ4n) is 8.90. The second kappa shape index (κ2) is 24.6. The van der Waals surface area contributed by atoms with Crippen molar-refractivity contribution in [2.75, 3.05) is 13.1 Å². The molecule has 0 bridgehead atoms. The smallest absolute Gasteiger partial charge is 0.225 e. The topological polar surface area (TPSA) is 121 Å². The van der Waals surface area contributed by atoms with Gasteiger partial charge in [0.05, 0.1) is 49.0 Å². The highest BCUT2D eigenvalue weighted by Crippen LogP contribution is 2.44. The number of ketones is 1. The second-order valence-electron chi connectivity index (χ2n) is 23.4. The molecule has 3 heterocycles. The molecule has 0 aromatic carbocycles. The number of hydrogen-bond donors (Lipinski definition) is 2. The van der Waals surface area contributed by atoms with Crippen molar-refractivity contribution < 1.29 is 37.4 Å². The fraction of sp³-hybridized carbons (Fsp3) is 0.865. The molecule has 0 aromatic rings. The van der Waals surface area contributed by atoms with Crippen LogP contribution in [0.25, 0.3) is 0 Å². The van der Waals surface area contributed by atoms with E-state index >= 15 is 0 Å². The number of allylic oxidation sites excluding steroid dienone is 3. The SMILES string of the molecule is C/C=C/C(=O)C[C@@H]1CC[C@@H](C)[C@H](CC(=O)NC[C@H](O[Si](C)(C)C(C)(C)C)[C@H](C)C(=O)NCCC[C@H]2O[C@@]3(CCC[C@@H](CC[C@H](C)/C=C(\C)[C@H](C)O[Si](C)(C)C(C)(C)C)O3)CC[C@@H]2C)O1. The molecule has 2 N–H and O–H groups in total. The molecule has 11 atom stereocenters. The molecule has 3 saturated heterocycles. The van der Waals surface area contributed by atoms with Crippen LogP contribution in [0.3, 0.4) is 0 Å². The Balaban J connectivity index is 1.52. The van der Waals surface area contributed by atoms with Crippen LogP contribution in [0.4, 0.5) is 0 Å². The van der Waals surface area contributed by atoms with E-state index in [-0.39, 0.29) is 77.1 Å². The highest BCUT2D eigenvalue weighted by Gasteiger charge is 2.45. The summed E-state index contributed by atoms with van der Waals surface area (Å²) >= 11 is 0. The van der Waals surface area contributed by atoms with Gasteiger partial charge in [0.2, 0.25) is 11.8 Å². The lowest BCUT2D eigenvalue weighted by Crippen LogP contribution is -2.52. The zero-order valence-corrected chi connectivity index (χ0v) is 45.9. The van der Waals surface area contributed by atoms with E-state index < -0.39 is 34.4 Å². The summed E-state index contributed by atoms with van der Waals surface area (Å²) in [7, 11) is -4.13. The standard InChI is InChI=1S/C52H96N2O8Si2/c1-18-21-42(55)33-44-27-25-37(3)46(58-44)34-48(56)54-35-47(62-64(16,17)51(11,12)13)40(6)49(57)53-31-20-23-45-38(4)28-30-52(60-45)29-19-22-43(59-52)26-24-36(2)32-39(5)41(7)61-63(14,15)50(8,9)10/h18,21,32,36-38,40-41,43-47H,19-20,22-31,33-35H2,1-17H3,(H,53,57)(H,54,56)/b21-18+,39-32+/t36-,37+,38-,40-,41-,43-,44-,45+,46-,47-,52-/m0/s1. The largest absolute Gasteiger partial charge is 0.411 e. The summed E-state index contributed by atoms with van der Waals surface area (Å²) in [4.78, 5) is 39.4. The number of amides is 2. The lowest BCUT2D eigenvalue weighted by molar-refractivity contribution is -0.324. The highest BCUT2D eigenvalue weighted by atomic mass is 28.4. The molecule has 0 unspecified atom stereocenters. The summed E-state index contributed by atoms with van der Waals surface area (Å²) in [6.45, 7) is 38.1. The lowest BCUT2D eigenvalue weighted by Gasteiger charge is -2.48. The third-order valence-corrected chi connectivity index (χ3v) is 24.7. The van der Waals surface area contributed by atoms with Crippen molar-refractivity contribution in [2.45, 2.75) is 252 Å². The molecule has 3 fully saturated rings. The highest BCUT2D eigenvalue weighted by molar-refractivity contribution is 6.74. The fourth-order valence-corrected chi connectivity index (χ4v) is 11.7. The quantitative estimate of drug-likeness (QED) is 0.0476. The molecule has 2 amide bonds. The van der Waals surface area contributed by atoms with Crippen molar-refractivity contribution in [3.63, 3.8) is 0 Å². The summed E-state index contributed by atoms with van der Waals surface area (Å²) < 4.78 is 33.6. The number of ether oxygens (including phenoxy) is 3. The number of rotatable bonds is 22. The number of nitrogens with one attached hydrogen (secondary N) is 2. The van der Waals surface area contributed by atoms with Gasteiger partial charge in [-0.3, -0.25) is 14.4 Å². The molecule has 10 nitrogen and oxygen atoms in total. The molecule has 12 heteroatoms. The van der Waals surface area contributed by atoms with Gasteiger partial charge in [-0.05, 0) is 144 Å². The second-order valence-corrected chi connectivity index (χ2v) is 32.9. The normalized spacial score (nSPS) is 28.4. The van der Waals surface area contributed by atoms with Crippen molar-refractivity contribution in [1.29, 1.82) is 0 Å². The van der Waals surface area contributed by atoms with Gasteiger partial charge in [0, 0.05) is 32.4 Å². The molecule has 64 heavy (non-hydrogen) atoms. The van der Waals surface area contributed by atoms with Gasteiger partial charge in [0.1, 0.15) is 0 Å². The maximum absolute atomic E-state index is 13.8. The Hall–Kier alpha value is -1.68. The van der Waals surface area contributed by atoms with Crippen LogP contribution < -0.4 is 10.6 Å². The van der Waals surface area contributed by atoms with Crippen molar-refractivity contribution in [1.82, 2.24) is 10.6 Å². The zero-order chi connectivity index (χ0) is 48.3. The maximum Gasteiger partial charge on any atom is 0.225 e. The molecule has 3 aliphatic heterocycles. The summed E-state index contributed by atoms with van der Waals surface area (Å²) in [6.07, 6.45) is 16.4. The lowest BCUT2D eigenvalue weighted by atomic mass is 9.85. The van der Waals surface area contributed by atoms with Gasteiger partial charge in [-0.2, -0.15) is 0 Å². The first-order valence-electron chi connectivity index (χ1n) is 25.3. The van der Waals surface area contributed by atoms with Crippen LogP contribution in [0.1, 0.15) is 173 Å². The van der Waals surface area contributed by atoms with Crippen molar-refractivity contribution in [3.05, 3.63) is 23.8 Å². The first-order chi connectivity index (χ1) is 29.6. The van der Waals surface area contributed by atoms with Crippen molar-refractivity contribution in [3.8, 4) is 0 Å². The molecule has 3 aliphatic rings. The Labute approximate surface area is 393 Å². The van der Waals surface area contributed by atoms with E-state index in [9.17, 15) is 14.4 Å². The molecule has 1 spiro atoms. The Kier molecular flexibility index (Phi) is 21.7. The monoisotopic (exact) mass is 933 g/mol. The van der Waals surface area contributed by atoms with E-state index in [0.29, 0.717) is 24.8 Å². The minimum atomic E-state index is -2.29. The number of hydrogen-bond acceptors (Lipinski definition) is 8. The van der Waals surface area contributed by atoms with Crippen LogP contribution >= 0.6 is 0 Å². The number of carbonyl (C=O) groups is 3. The van der Waals surface area contributed by atoms with Gasteiger partial charge in [0.25, 0.3) is 0 Å². The minimum absolute atomic E-state index is 0.0462. The molecular formula is C52H96N2O8Si2. The van der Waals surface area contributed by atoms with Crippen LogP contribution in [0.2, 0.25) is 36.3 Å². The Morgan fingerprint density at radius 3 is 2.08 bits per heavy atom. The Morgan fingerprint density at radius 1 is 0.797 bits per heavy atom. The van der Waals surface area contributed by atoms with Crippen molar-refractivity contribution in [2.24, 2.45) is 23.7 Å². The predicted molar refractivity (Wildman–Crippen MR) is 267 cm³/mol. The van der Waals surface area contributed by atoms with E-state index in [4.69, 9.17) is 23.1 Å². The Bertz CT molecular complexity index is 1550. The molecule has 0 aliphatic carbocycles. The van der Waals surface area contributed by atoms with Crippen molar-refractivity contribution >= 4 is 34.2 Å². The number of carbonyl (C=O) groups excluding carboxylic acids is 3. The molecule has 3 rings (SSSR count). The average molecular weight is 934 g/mol. The third kappa shape index (κ3) is 17.4. The van der Waals surface area contributed by atoms with E-state index in [1.165, 1.54) is 5.57 Å². The predicted octanol–water partition coefficient (Wildman–Crippen LogP) is 12.0. The molecule has 370 valence electrons. The van der Waals surface area contributed by atoms with Gasteiger partial charge < -0.3 is 33.7 Å². The van der Waals surface area contributed by atoms with Gasteiger partial charge in [-0.1, -0.05) is 81.4 Å². The van der Waals surface area contributed by atoms with E-state index in [1.54, 1.807) is 12.2 Å². The molecule has 0 aromatic heterocycles. The van der Waals surface area contributed by atoms with Crippen LogP contribution in [0, 0.1) is 23.7 Å². The molecule has 0 radical (unpaired) electrons. The zero-order valence-electron chi connectivity index (χ0n) is 43.9. The van der Waals surface area contributed by atoms with Crippen LogP contribution in [-0.4, -0.2) is 89.7 Å². The van der Waals surface area contributed by atoms with Gasteiger partial charge in [-0.25, -0.2) is 0 Å². The van der Waals surface area contributed by atoms with Gasteiger partial charge in [0.15, 0.2) is 28.2 Å². The van der Waals surface area contributed by atoms with Crippen LogP contribution in [0.15, 0.2) is 23.8 Å². The van der Waals surface area contributed by atoms with E-state index in [0.717, 1.165) is 70.6 Å². The van der Waals surface area contributed by atoms with E-state index in [2.05, 4.69) is 119 Å². The Morgan fingerprint density at radius 2 is 1.44 bits per heavy atom. The van der Waals surface area contributed by atoms with Crippen LogP contribution in [0.5, 0.6) is 0 Å². The third-order valence-electron chi connectivity index (χ3n) is 15.7. The molecular weight excluding hydrogens is 837 g/mol. The van der Waals surface area contributed by atoms with E-state index in [1.807, 2.05) is 13.8 Å². The average Bonchev–Trinajstić information content (AvgIpc) is 3.18. The summed E-state index contributed by atoms with van der Waals surface area (Å²) in [6, 6.07) is 0. The van der Waals surface area contributed by atoms with Gasteiger partial charge in [-0.15, -0.1) is 0 Å². The van der Waals surface area contributed by atoms with Crippen LogP contribution in [-0.2, 0) is 37.4 Å². The molecule has 0 saturated carbocycles. The van der Waals surface area contributed by atoms with Gasteiger partial charge >= 0.3 is 0 Å². The first kappa shape index (κ1) is 56.6. The first-order valence-corrected chi connectivity index (χ1v) is 31.1. The summed E-state index contributed by atoms with van der Waals surface area (Å²) in [5.41, 5.74) is 1.32. The summed E-state index contributed by atoms with van der Waals surface area (Å²) in [5, 5.41) is 6.43.